The van der Waals surface area contributed by atoms with Crippen molar-refractivity contribution < 1.29 is 9.59 Å². The summed E-state index contributed by atoms with van der Waals surface area (Å²) < 4.78 is 0. The van der Waals surface area contributed by atoms with Crippen molar-refractivity contribution in [1.82, 2.24) is 0 Å². The van der Waals surface area contributed by atoms with Crippen LogP contribution >= 0.6 is 11.8 Å². The number of carbonyl (C=O) groups is 2. The molecule has 1 atom stereocenters. The molecule has 1 aromatic carbocycles. The summed E-state index contributed by atoms with van der Waals surface area (Å²) in [5.74, 6) is 3.27. The molecule has 152 valence electrons. The van der Waals surface area contributed by atoms with Gasteiger partial charge in [0, 0.05) is 12.0 Å². The van der Waals surface area contributed by atoms with E-state index in [1.54, 1.807) is 36.0 Å². The van der Waals surface area contributed by atoms with Gasteiger partial charge < -0.3 is 0 Å². The average Bonchev–Trinajstić information content (AvgIpc) is 2.99. The molecule has 2 rings (SSSR count). The standard InChI is InChI=1S/C24H33NO2S/c1-3-5-6-7-8-9-10-11-12-13-17-28-22-19-23(26)25(24(22)27)21-16-14-15-20(4-2)18-21/h2,14-16,18,22H,3,5-13,17,19H2,1H3/t22-/m0/s1. The van der Waals surface area contributed by atoms with Crippen LogP contribution in [0.25, 0.3) is 0 Å². The zero-order valence-corrected chi connectivity index (χ0v) is 17.9. The highest BCUT2D eigenvalue weighted by atomic mass is 32.2. The van der Waals surface area contributed by atoms with E-state index in [9.17, 15) is 9.59 Å². The Morgan fingerprint density at radius 3 is 2.32 bits per heavy atom. The van der Waals surface area contributed by atoms with E-state index < -0.39 is 0 Å². The number of carbonyl (C=O) groups excluding carboxylic acids is 2. The van der Waals surface area contributed by atoms with Gasteiger partial charge in [0.25, 0.3) is 0 Å². The van der Waals surface area contributed by atoms with Crippen molar-refractivity contribution >= 4 is 29.3 Å². The van der Waals surface area contributed by atoms with Gasteiger partial charge >= 0.3 is 0 Å². The van der Waals surface area contributed by atoms with Crippen LogP contribution in [-0.4, -0.2) is 22.8 Å². The third-order valence-electron chi connectivity index (χ3n) is 5.19. The van der Waals surface area contributed by atoms with E-state index in [2.05, 4.69) is 12.8 Å². The van der Waals surface area contributed by atoms with Gasteiger partial charge in [0.05, 0.1) is 10.9 Å². The summed E-state index contributed by atoms with van der Waals surface area (Å²) >= 11 is 1.63. The summed E-state index contributed by atoms with van der Waals surface area (Å²) in [5.41, 5.74) is 1.27. The summed E-state index contributed by atoms with van der Waals surface area (Å²) in [7, 11) is 0. The van der Waals surface area contributed by atoms with E-state index in [1.807, 2.05) is 0 Å². The molecule has 0 unspecified atom stereocenters. The molecule has 1 aliphatic heterocycles. The van der Waals surface area contributed by atoms with E-state index in [0.29, 0.717) is 17.7 Å². The van der Waals surface area contributed by atoms with Crippen molar-refractivity contribution in [2.24, 2.45) is 0 Å². The van der Waals surface area contributed by atoms with Crippen LogP contribution in [0.4, 0.5) is 5.69 Å². The van der Waals surface area contributed by atoms with Crippen molar-refractivity contribution in [3.63, 3.8) is 0 Å². The van der Waals surface area contributed by atoms with Crippen LogP contribution in [0.3, 0.4) is 0 Å². The zero-order valence-electron chi connectivity index (χ0n) is 17.1. The maximum atomic E-state index is 12.7. The topological polar surface area (TPSA) is 37.4 Å². The van der Waals surface area contributed by atoms with Crippen LogP contribution in [0.15, 0.2) is 24.3 Å². The SMILES string of the molecule is C#Cc1cccc(N2C(=O)C[C@H](SCCCCCCCCCCCC)C2=O)c1. The van der Waals surface area contributed by atoms with Crippen molar-refractivity contribution in [3.8, 4) is 12.3 Å². The highest BCUT2D eigenvalue weighted by Gasteiger charge is 2.39. The number of hydrogen-bond donors (Lipinski definition) is 0. The molecule has 1 aromatic rings. The van der Waals surface area contributed by atoms with Gasteiger partial charge in [0.15, 0.2) is 0 Å². The summed E-state index contributed by atoms with van der Waals surface area (Å²) in [5, 5.41) is -0.249. The van der Waals surface area contributed by atoms with E-state index in [-0.39, 0.29) is 17.1 Å². The highest BCUT2D eigenvalue weighted by molar-refractivity contribution is 8.00. The van der Waals surface area contributed by atoms with Crippen molar-refractivity contribution in [3.05, 3.63) is 29.8 Å². The van der Waals surface area contributed by atoms with Crippen LogP contribution in [0.2, 0.25) is 0 Å². The van der Waals surface area contributed by atoms with Crippen LogP contribution in [-0.2, 0) is 9.59 Å². The lowest BCUT2D eigenvalue weighted by Crippen LogP contribution is -2.31. The molecule has 0 spiro atoms. The molecule has 0 saturated carbocycles. The molecule has 0 N–H and O–H groups in total. The Bertz CT molecular complexity index is 679. The summed E-state index contributed by atoms with van der Waals surface area (Å²) in [6, 6.07) is 7.08. The number of imide groups is 1. The minimum absolute atomic E-state index is 0.101. The smallest absolute Gasteiger partial charge is 0.247 e. The Kier molecular flexibility index (Phi) is 10.2. The molecule has 28 heavy (non-hydrogen) atoms. The van der Waals surface area contributed by atoms with E-state index in [4.69, 9.17) is 6.42 Å². The van der Waals surface area contributed by atoms with Gasteiger partial charge in [-0.3, -0.25) is 9.59 Å². The molecule has 1 heterocycles. The molecule has 0 aliphatic carbocycles. The lowest BCUT2D eigenvalue weighted by atomic mass is 10.1. The number of thioether (sulfide) groups is 1. The Morgan fingerprint density at radius 1 is 1.04 bits per heavy atom. The van der Waals surface area contributed by atoms with Crippen molar-refractivity contribution in [1.29, 1.82) is 0 Å². The lowest BCUT2D eigenvalue weighted by Gasteiger charge is -2.15. The van der Waals surface area contributed by atoms with Crippen LogP contribution in [0.1, 0.15) is 83.1 Å². The fraction of sp³-hybridized carbons (Fsp3) is 0.583. The molecular formula is C24H33NO2S. The largest absolute Gasteiger partial charge is 0.274 e. The molecular weight excluding hydrogens is 366 g/mol. The van der Waals surface area contributed by atoms with Gasteiger partial charge in [-0.1, -0.05) is 76.7 Å². The Labute approximate surface area is 174 Å². The maximum absolute atomic E-state index is 12.7. The van der Waals surface area contributed by atoms with E-state index in [0.717, 1.165) is 12.2 Å². The first kappa shape index (κ1) is 22.6. The molecule has 1 fully saturated rings. The predicted octanol–water partition coefficient (Wildman–Crippen LogP) is 5.95. The second kappa shape index (κ2) is 12.7. The second-order valence-electron chi connectivity index (χ2n) is 7.51. The Hall–Kier alpha value is -1.73. The fourth-order valence-corrected chi connectivity index (χ4v) is 4.72. The Morgan fingerprint density at radius 2 is 1.68 bits per heavy atom. The first-order chi connectivity index (χ1) is 13.7. The molecule has 0 bridgehead atoms. The highest BCUT2D eigenvalue weighted by Crippen LogP contribution is 2.30. The number of amides is 2. The molecule has 0 radical (unpaired) electrons. The van der Waals surface area contributed by atoms with Gasteiger partial charge in [-0.25, -0.2) is 4.90 Å². The van der Waals surface area contributed by atoms with Gasteiger partial charge in [-0.2, -0.15) is 0 Å². The van der Waals surface area contributed by atoms with E-state index in [1.165, 1.54) is 62.7 Å². The Balaban J connectivity index is 1.63. The van der Waals surface area contributed by atoms with Crippen LogP contribution < -0.4 is 4.90 Å². The maximum Gasteiger partial charge on any atom is 0.247 e. The molecule has 1 aliphatic rings. The first-order valence-corrected chi connectivity index (χ1v) is 11.8. The number of benzene rings is 1. The third-order valence-corrected chi connectivity index (χ3v) is 6.49. The van der Waals surface area contributed by atoms with Crippen LogP contribution in [0.5, 0.6) is 0 Å². The first-order valence-electron chi connectivity index (χ1n) is 10.7. The molecule has 3 nitrogen and oxygen atoms in total. The third kappa shape index (κ3) is 7.02. The normalized spacial score (nSPS) is 16.6. The lowest BCUT2D eigenvalue weighted by molar-refractivity contribution is -0.121. The summed E-state index contributed by atoms with van der Waals surface area (Å²) in [4.78, 5) is 26.3. The van der Waals surface area contributed by atoms with Gasteiger partial charge in [-0.15, -0.1) is 18.2 Å². The summed E-state index contributed by atoms with van der Waals surface area (Å²) in [6.45, 7) is 2.25. The van der Waals surface area contributed by atoms with Gasteiger partial charge in [0.1, 0.15) is 0 Å². The predicted molar refractivity (Wildman–Crippen MR) is 120 cm³/mol. The molecule has 1 saturated heterocycles. The van der Waals surface area contributed by atoms with Crippen molar-refractivity contribution in [2.75, 3.05) is 10.7 Å². The monoisotopic (exact) mass is 399 g/mol. The zero-order chi connectivity index (χ0) is 20.2. The number of nitrogens with zero attached hydrogens (tertiary/aromatic N) is 1. The molecule has 4 heteroatoms. The second-order valence-corrected chi connectivity index (χ2v) is 8.82. The number of terminal acetylenes is 1. The molecule has 0 aromatic heterocycles. The number of rotatable bonds is 13. The molecule has 2 amide bonds. The number of hydrogen-bond acceptors (Lipinski definition) is 3. The number of anilines is 1. The summed E-state index contributed by atoms with van der Waals surface area (Å²) in [6.07, 6.45) is 18.8. The fourth-order valence-electron chi connectivity index (χ4n) is 3.56. The minimum Gasteiger partial charge on any atom is -0.274 e. The quantitative estimate of drug-likeness (QED) is 0.233. The van der Waals surface area contributed by atoms with Crippen molar-refractivity contribution in [2.45, 2.75) is 82.8 Å². The van der Waals surface area contributed by atoms with E-state index >= 15 is 0 Å². The number of unbranched alkanes of at least 4 members (excludes halogenated alkanes) is 9. The van der Waals surface area contributed by atoms with Gasteiger partial charge in [0.2, 0.25) is 11.8 Å². The van der Waals surface area contributed by atoms with Crippen LogP contribution in [0, 0.1) is 12.3 Å². The minimum atomic E-state index is -0.249. The average molecular weight is 400 g/mol. The van der Waals surface area contributed by atoms with Gasteiger partial charge in [-0.05, 0) is 30.4 Å².